The van der Waals surface area contributed by atoms with E-state index in [1.165, 1.54) is 0 Å². The van der Waals surface area contributed by atoms with Crippen molar-refractivity contribution in [3.05, 3.63) is 47.0 Å². The third-order valence-electron chi connectivity index (χ3n) is 12.3. The average molecular weight is 655 g/mol. The van der Waals surface area contributed by atoms with Crippen LogP contribution in [-0.2, 0) is 28.6 Å². The van der Waals surface area contributed by atoms with Crippen LogP contribution in [0.15, 0.2) is 41.5 Å². The Labute approximate surface area is 277 Å². The number of aliphatic hydroxyl groups excluding tert-OH is 2. The summed E-state index contributed by atoms with van der Waals surface area (Å²) in [4.78, 5) is 41.2. The molecule has 257 valence electrons. The summed E-state index contributed by atoms with van der Waals surface area (Å²) in [6.45, 7) is 12.8. The molecule has 2 saturated carbocycles. The van der Waals surface area contributed by atoms with Gasteiger partial charge in [0, 0.05) is 35.9 Å². The number of nitrogens with one attached hydrogen (secondary N) is 1. The average Bonchev–Trinajstić information content (AvgIpc) is 3.03. The fourth-order valence-electron chi connectivity index (χ4n) is 9.56. The Hall–Kier alpha value is -2.61. The number of hydrogen-bond acceptors (Lipinski definition) is 11. The van der Waals surface area contributed by atoms with Gasteiger partial charge in [-0.2, -0.15) is 0 Å². The number of ether oxygens (including phenoxy) is 3. The van der Waals surface area contributed by atoms with Crippen molar-refractivity contribution in [2.75, 3.05) is 13.1 Å². The minimum Gasteiger partial charge on any atom is -0.455 e. The maximum atomic E-state index is 14.4. The molecule has 0 amide bonds. The van der Waals surface area contributed by atoms with Gasteiger partial charge < -0.3 is 34.7 Å². The van der Waals surface area contributed by atoms with E-state index in [9.17, 15) is 34.9 Å². The molecule has 1 aromatic carbocycles. The number of aliphatic hydroxyl groups is 3. The molecule has 3 aliphatic carbocycles. The van der Waals surface area contributed by atoms with E-state index in [-0.39, 0.29) is 37.4 Å². The summed E-state index contributed by atoms with van der Waals surface area (Å²) in [6, 6.07) is 8.91. The summed E-state index contributed by atoms with van der Waals surface area (Å²) in [7, 11) is 1.61. The van der Waals surface area contributed by atoms with Gasteiger partial charge in [-0.25, -0.2) is 10.3 Å². The molecule has 3 fully saturated rings. The molecular weight excluding hydrogens is 605 g/mol. The molecular formula is C35H49BNO10. The number of Topliss-reactive ketones (excluding diaryl/α,β-unsaturated/α-hetero) is 1. The lowest BCUT2D eigenvalue weighted by Crippen LogP contribution is -2.75. The molecule has 4 aliphatic rings. The van der Waals surface area contributed by atoms with Crippen molar-refractivity contribution in [2.24, 2.45) is 28.1 Å². The minimum atomic E-state index is -1.68. The third-order valence-corrected chi connectivity index (χ3v) is 12.3. The second kappa shape index (κ2) is 12.7. The molecule has 11 atom stereocenters. The molecule has 1 aromatic rings. The lowest BCUT2D eigenvalue weighted by atomic mass is 9.40. The van der Waals surface area contributed by atoms with Crippen LogP contribution in [0.2, 0.25) is 0 Å². The highest BCUT2D eigenvalue weighted by Gasteiger charge is 2.72. The first kappa shape index (κ1) is 35.7. The molecule has 11 nitrogen and oxygen atoms in total. The highest BCUT2D eigenvalue weighted by Crippen LogP contribution is 2.66. The Morgan fingerprint density at radius 2 is 1.81 bits per heavy atom. The third kappa shape index (κ3) is 5.40. The van der Waals surface area contributed by atoms with E-state index in [0.717, 1.165) is 0 Å². The summed E-state index contributed by atoms with van der Waals surface area (Å²) in [5.41, 5.74) is -1.28. The Morgan fingerprint density at radius 3 is 2.38 bits per heavy atom. The van der Waals surface area contributed by atoms with Crippen molar-refractivity contribution in [3.8, 4) is 0 Å². The summed E-state index contributed by atoms with van der Waals surface area (Å²) < 4.78 is 17.7. The van der Waals surface area contributed by atoms with Gasteiger partial charge >= 0.3 is 11.9 Å². The van der Waals surface area contributed by atoms with Crippen molar-refractivity contribution in [1.82, 2.24) is 5.48 Å². The van der Waals surface area contributed by atoms with Crippen LogP contribution in [0.1, 0.15) is 79.1 Å². The van der Waals surface area contributed by atoms with Crippen LogP contribution >= 0.6 is 0 Å². The fraction of sp³-hybridized carbons (Fsp3) is 0.686. The summed E-state index contributed by atoms with van der Waals surface area (Å²) in [6.07, 6.45) is -5.41. The number of ketones is 1. The Bertz CT molecular complexity index is 1420. The molecule has 0 spiro atoms. The van der Waals surface area contributed by atoms with Crippen LogP contribution in [0.3, 0.4) is 0 Å². The molecule has 0 unspecified atom stereocenters. The van der Waals surface area contributed by atoms with Crippen LogP contribution in [0.4, 0.5) is 0 Å². The zero-order valence-electron chi connectivity index (χ0n) is 28.4. The van der Waals surface area contributed by atoms with Gasteiger partial charge in [-0.3, -0.25) is 9.59 Å². The molecule has 2 bridgehead atoms. The predicted octanol–water partition coefficient (Wildman–Crippen LogP) is 2.45. The number of fused-ring (bicyclic) bond motifs is 5. The highest BCUT2D eigenvalue weighted by atomic mass is 16.6. The van der Waals surface area contributed by atoms with Crippen LogP contribution in [0.25, 0.3) is 0 Å². The highest BCUT2D eigenvalue weighted by molar-refractivity contribution is 6.39. The smallest absolute Gasteiger partial charge is 0.347 e. The Balaban J connectivity index is 1.59. The molecule has 5 rings (SSSR count). The Kier molecular flexibility index (Phi) is 9.64. The lowest BCUT2D eigenvalue weighted by Gasteiger charge is -2.68. The zero-order valence-corrected chi connectivity index (χ0v) is 28.4. The van der Waals surface area contributed by atoms with Crippen LogP contribution in [-0.4, -0.2) is 94.7 Å². The molecule has 0 aromatic heterocycles. The van der Waals surface area contributed by atoms with E-state index in [0.29, 0.717) is 17.7 Å². The van der Waals surface area contributed by atoms with E-state index < -0.39 is 81.6 Å². The molecule has 47 heavy (non-hydrogen) atoms. The second-order valence-corrected chi connectivity index (χ2v) is 14.9. The molecule has 1 heterocycles. The normalized spacial score (nSPS) is 38.8. The van der Waals surface area contributed by atoms with Gasteiger partial charge in [0.15, 0.2) is 11.9 Å². The van der Waals surface area contributed by atoms with Crippen LogP contribution in [0, 0.1) is 28.1 Å². The summed E-state index contributed by atoms with van der Waals surface area (Å²) in [5, 5.41) is 45.6. The summed E-state index contributed by atoms with van der Waals surface area (Å²) in [5.74, 6) is -4.01. The number of carbonyl (C=O) groups is 3. The van der Waals surface area contributed by atoms with Gasteiger partial charge in [0.1, 0.15) is 19.5 Å². The van der Waals surface area contributed by atoms with Gasteiger partial charge in [0.25, 0.3) is 0 Å². The first-order valence-electron chi connectivity index (χ1n) is 16.6. The number of carbonyl (C=O) groups excluding carboxylic acids is 3. The quantitative estimate of drug-likeness (QED) is 0.115. The van der Waals surface area contributed by atoms with Crippen molar-refractivity contribution in [2.45, 2.75) is 110 Å². The first-order chi connectivity index (χ1) is 22.0. The fourth-order valence-corrected chi connectivity index (χ4v) is 9.56. The number of benzene rings is 1. The lowest BCUT2D eigenvalue weighted by molar-refractivity contribution is -0.302. The SMILES string of the molecule is CCC(=O)O[C@@H](C(=O)O[C@H]1C[C@@]2(O)[C@@H](C)[C@@H]3[C@]4(C)CO[C@@H]4C[C@H](O)[C@@]3(C)C(=O)[C@H](O)C(=C1C)C2(C)C)[C@@H]([B]CNO)c1ccccc1. The largest absolute Gasteiger partial charge is 0.455 e. The number of hydrogen-bond donors (Lipinski definition) is 5. The van der Waals surface area contributed by atoms with Gasteiger partial charge in [-0.1, -0.05) is 65.0 Å². The monoisotopic (exact) mass is 654 g/mol. The topological polar surface area (TPSA) is 172 Å². The predicted molar refractivity (Wildman–Crippen MR) is 171 cm³/mol. The van der Waals surface area contributed by atoms with Crippen molar-refractivity contribution in [3.63, 3.8) is 0 Å². The van der Waals surface area contributed by atoms with Gasteiger partial charge in [0.05, 0.1) is 29.8 Å². The maximum Gasteiger partial charge on any atom is 0.347 e. The molecule has 1 radical (unpaired) electrons. The first-order valence-corrected chi connectivity index (χ1v) is 16.6. The van der Waals surface area contributed by atoms with E-state index in [2.05, 4.69) is 5.48 Å². The van der Waals surface area contributed by atoms with Crippen LogP contribution < -0.4 is 5.48 Å². The molecule has 1 saturated heterocycles. The molecule has 12 heteroatoms. The van der Waals surface area contributed by atoms with E-state index in [4.69, 9.17) is 14.2 Å². The maximum absolute atomic E-state index is 14.4. The summed E-state index contributed by atoms with van der Waals surface area (Å²) >= 11 is 0. The van der Waals surface area contributed by atoms with E-state index in [1.54, 1.807) is 66.2 Å². The number of esters is 2. The van der Waals surface area contributed by atoms with E-state index >= 15 is 0 Å². The van der Waals surface area contributed by atoms with Crippen molar-refractivity contribution >= 4 is 25.0 Å². The van der Waals surface area contributed by atoms with Gasteiger partial charge in [-0.15, -0.1) is 0 Å². The molecule has 5 N–H and O–H groups in total. The minimum absolute atomic E-state index is 0.00525. The van der Waals surface area contributed by atoms with Gasteiger partial charge in [0.2, 0.25) is 0 Å². The Morgan fingerprint density at radius 1 is 1.15 bits per heavy atom. The standard InChI is InChI=1S/C35H49BNO10/c1-8-24(39)47-28(26(36-17-37-44)20-12-10-9-11-13-20)31(42)46-21-15-35(43)19(3)29-33(6)16-45-23(33)14-22(38)34(29,7)30(41)27(40)25(18(21)2)32(35,4)5/h9-13,19,21-23,26-29,37-38,40,43-44H,8,14-17H2,1-7H3/t19-,21-,22-,23+,26-,27+,28+,29+,33+,34+,35+/m0/s1. The van der Waals surface area contributed by atoms with Crippen LogP contribution in [0.5, 0.6) is 0 Å². The van der Waals surface area contributed by atoms with Gasteiger partial charge in [-0.05, 0) is 48.8 Å². The number of hydroxylamine groups is 1. The van der Waals surface area contributed by atoms with Crippen molar-refractivity contribution in [1.29, 1.82) is 0 Å². The van der Waals surface area contributed by atoms with E-state index in [1.807, 2.05) is 19.9 Å². The second-order valence-electron chi connectivity index (χ2n) is 14.9. The zero-order chi connectivity index (χ0) is 34.7. The molecule has 1 aliphatic heterocycles. The number of rotatable bonds is 9. The van der Waals surface area contributed by atoms with Crippen molar-refractivity contribution < 1.29 is 49.1 Å².